The van der Waals surface area contributed by atoms with Gasteiger partial charge in [-0.1, -0.05) is 0 Å². The van der Waals surface area contributed by atoms with Crippen LogP contribution in [0, 0.1) is 0 Å². The van der Waals surface area contributed by atoms with Crippen LogP contribution in [-0.2, 0) is 16.4 Å². The van der Waals surface area contributed by atoms with Crippen LogP contribution in [0.4, 0.5) is 0 Å². The van der Waals surface area contributed by atoms with Crippen LogP contribution in [0.2, 0.25) is 0 Å². The van der Waals surface area contributed by atoms with Crippen LogP contribution in [0.5, 0.6) is 0 Å². The maximum Gasteiger partial charge on any atom is 0.180 e. The van der Waals surface area contributed by atoms with Gasteiger partial charge in [0.2, 0.25) is 0 Å². The minimum absolute atomic E-state index is 1.37. The van der Waals surface area contributed by atoms with Crippen molar-refractivity contribution in [1.29, 1.82) is 0 Å². The molecule has 0 spiro atoms. The lowest BCUT2D eigenvalue weighted by Crippen LogP contribution is -0.900. The van der Waals surface area contributed by atoms with E-state index in [9.17, 15) is 4.57 Å². The highest BCUT2D eigenvalue weighted by Crippen LogP contribution is 2.12. The molecule has 0 saturated carbocycles. The third-order valence-corrected chi connectivity index (χ3v) is 0. The summed E-state index contributed by atoms with van der Waals surface area (Å²) in [6.07, 6.45) is -1.37. The first-order valence-electron chi connectivity index (χ1n) is 0.623. The van der Waals surface area contributed by atoms with Crippen molar-refractivity contribution >= 4 is 27.0 Å². The molecule has 4 heteroatoms. The fourth-order valence-corrected chi connectivity index (χ4v) is 0. The zero-order valence-corrected chi connectivity index (χ0v) is 4.71. The molecule has 0 aromatic carbocycles. The van der Waals surface area contributed by atoms with Crippen molar-refractivity contribution in [2.75, 3.05) is 0 Å². The van der Waals surface area contributed by atoms with Gasteiger partial charge in [-0.2, -0.15) is 0 Å². The molecule has 0 saturated heterocycles. The Morgan fingerprint density at radius 3 is 2.00 bits per heavy atom. The minimum atomic E-state index is -1.37. The first kappa shape index (κ1) is 4.75. The van der Waals surface area contributed by atoms with E-state index in [2.05, 4.69) is 11.8 Å². The topological polar surface area (TPSA) is 17.1 Å². The maximum atomic E-state index is 9.37. The lowest BCUT2D eigenvalue weighted by atomic mass is 16.0. The van der Waals surface area contributed by atoms with E-state index in [0.29, 0.717) is 0 Å². The Morgan fingerprint density at radius 2 is 2.00 bits per heavy atom. The van der Waals surface area contributed by atoms with Gasteiger partial charge in [-0.05, 0) is 20.7 Å². The van der Waals surface area contributed by atoms with E-state index in [-0.39, 0.29) is 0 Å². The van der Waals surface area contributed by atoms with E-state index in [4.69, 9.17) is 0 Å². The summed E-state index contributed by atoms with van der Waals surface area (Å²) in [5.74, 6) is 0. The first-order chi connectivity index (χ1) is 1.73. The standard InChI is InChI=1S/H2OP2S/c1-3(2)4/h2H2. The van der Waals surface area contributed by atoms with Crippen molar-refractivity contribution in [2.24, 2.45) is 0 Å². The molecule has 0 radical (unpaired) electrons. The summed E-state index contributed by atoms with van der Waals surface area (Å²) in [5, 5.41) is 0. The van der Waals surface area contributed by atoms with E-state index in [0.717, 1.165) is 0 Å². The summed E-state index contributed by atoms with van der Waals surface area (Å²) in [6.45, 7) is 0. The molecule has 0 amide bonds. The maximum absolute atomic E-state index is 9.37. The summed E-state index contributed by atoms with van der Waals surface area (Å²) in [5.41, 5.74) is 0. The normalized spacial score (nSPS) is 10.8. The van der Waals surface area contributed by atoms with Gasteiger partial charge in [0.05, 0.1) is 0 Å². The predicted molar refractivity (Wildman–Crippen MR) is 24.7 cm³/mol. The van der Waals surface area contributed by atoms with Crippen molar-refractivity contribution in [3.8, 4) is 0 Å². The van der Waals surface area contributed by atoms with Gasteiger partial charge >= 0.3 is 0 Å². The SMILES string of the molecule is O=P(P)=S. The minimum Gasteiger partial charge on any atom is -0.266 e. The molecule has 1 nitrogen and oxygen atoms in total. The third kappa shape index (κ3) is 15.0. The number of hydrogen-bond donors (Lipinski definition) is 0. The Bertz CT molecular complexity index is 54.4. The van der Waals surface area contributed by atoms with Crippen LogP contribution >= 0.6 is 15.2 Å². The summed E-state index contributed by atoms with van der Waals surface area (Å²) in [7, 11) is 1.98. The molecule has 2 unspecified atom stereocenters. The van der Waals surface area contributed by atoms with Crippen molar-refractivity contribution in [3.05, 3.63) is 0 Å². The van der Waals surface area contributed by atoms with Crippen LogP contribution in [0.3, 0.4) is 0 Å². The quantitative estimate of drug-likeness (QED) is 0.436. The van der Waals surface area contributed by atoms with Crippen molar-refractivity contribution in [2.45, 2.75) is 0 Å². The van der Waals surface area contributed by atoms with Gasteiger partial charge in [-0.3, -0.25) is 4.57 Å². The van der Waals surface area contributed by atoms with Crippen LogP contribution in [0.15, 0.2) is 0 Å². The van der Waals surface area contributed by atoms with Crippen molar-refractivity contribution < 1.29 is 4.57 Å². The average Bonchev–Trinajstić information content (AvgIpc) is 0.811. The van der Waals surface area contributed by atoms with Gasteiger partial charge in [0.15, 0.2) is 6.26 Å². The predicted octanol–water partition coefficient (Wildman–Crippen LogP) is 1.07. The Labute approximate surface area is 32.3 Å². The van der Waals surface area contributed by atoms with Gasteiger partial charge in [-0.25, -0.2) is 0 Å². The third-order valence-electron chi connectivity index (χ3n) is 0. The molecule has 4 heavy (non-hydrogen) atoms. The molecule has 0 heterocycles. The van der Waals surface area contributed by atoms with Crippen molar-refractivity contribution in [3.63, 3.8) is 0 Å². The first-order valence-corrected chi connectivity index (χ1v) is 4.51. The molecule has 0 bridgehead atoms. The monoisotopic (exact) mass is 112 g/mol. The van der Waals surface area contributed by atoms with Crippen LogP contribution in [-0.4, -0.2) is 0 Å². The fraction of sp³-hybridized carbons (Fsp3) is 0. The summed E-state index contributed by atoms with van der Waals surface area (Å²) < 4.78 is 9.37. The highest BCUT2D eigenvalue weighted by molar-refractivity contribution is 8.27. The van der Waals surface area contributed by atoms with Gasteiger partial charge in [-0.15, -0.1) is 0 Å². The van der Waals surface area contributed by atoms with Crippen LogP contribution < -0.4 is 0 Å². The molecule has 0 aromatic heterocycles. The molecule has 0 fully saturated rings. The van der Waals surface area contributed by atoms with E-state index in [1.165, 1.54) is 0 Å². The molecule has 0 aliphatic heterocycles. The Kier molecular flexibility index (Phi) is 2.39. The number of rotatable bonds is 0. The molecule has 0 N–H and O–H groups in total. The summed E-state index contributed by atoms with van der Waals surface area (Å²) in [4.78, 5) is 0. The highest BCUT2D eigenvalue weighted by atomic mass is 32.6. The smallest absolute Gasteiger partial charge is 0.180 e. The molecular formula is H2OP2S. The molecule has 0 aliphatic carbocycles. The highest BCUT2D eigenvalue weighted by Gasteiger charge is 1.47. The van der Waals surface area contributed by atoms with E-state index >= 15 is 0 Å². The second kappa shape index (κ2) is 2.02. The van der Waals surface area contributed by atoms with Gasteiger partial charge in [0.25, 0.3) is 0 Å². The van der Waals surface area contributed by atoms with Gasteiger partial charge in [0.1, 0.15) is 0 Å². The largest absolute Gasteiger partial charge is 0.266 e. The molecule has 0 aliphatic rings. The summed E-state index contributed by atoms with van der Waals surface area (Å²) >= 11 is 4.09. The second-order valence-electron chi connectivity index (χ2n) is 0.285. The lowest BCUT2D eigenvalue weighted by molar-refractivity contribution is 0.604. The summed E-state index contributed by atoms with van der Waals surface area (Å²) in [6, 6.07) is 0. The van der Waals surface area contributed by atoms with Crippen LogP contribution in [0.1, 0.15) is 0 Å². The molecule has 0 rings (SSSR count). The van der Waals surface area contributed by atoms with E-state index in [1.807, 2.05) is 8.93 Å². The molecule has 24 valence electrons. The lowest BCUT2D eigenvalue weighted by Gasteiger charge is -1.38. The number of hydrogen-bond acceptors (Lipinski definition) is 2. The fourth-order valence-electron chi connectivity index (χ4n) is 0. The molecule has 0 aromatic rings. The van der Waals surface area contributed by atoms with Gasteiger partial charge in [0, 0.05) is 0 Å². The Morgan fingerprint density at radius 1 is 2.00 bits per heavy atom. The van der Waals surface area contributed by atoms with E-state index < -0.39 is 6.26 Å². The second-order valence-corrected chi connectivity index (χ2v) is 4.47. The van der Waals surface area contributed by atoms with Crippen molar-refractivity contribution in [1.82, 2.24) is 0 Å². The zero-order valence-electron chi connectivity index (χ0n) is 1.84. The average molecular weight is 112 g/mol. The van der Waals surface area contributed by atoms with Crippen LogP contribution in [0.25, 0.3) is 0 Å². The van der Waals surface area contributed by atoms with Gasteiger partial charge < -0.3 is 0 Å². The Hall–Kier alpha value is 0.750. The molecule has 2 atom stereocenters. The van der Waals surface area contributed by atoms with E-state index in [1.54, 1.807) is 0 Å². The Balaban J connectivity index is 3.51. The zero-order chi connectivity index (χ0) is 3.58. The molecular weight excluding hydrogens is 110 g/mol.